The molecule has 116 heavy (non-hydrogen) atoms. The Balaban J connectivity index is 0.863. The van der Waals surface area contributed by atoms with E-state index in [2.05, 4.69) is 36.4 Å². The molecule has 0 fully saturated rings. The Hall–Kier alpha value is -12.6. The zero-order chi connectivity index (χ0) is 81.8. The summed E-state index contributed by atoms with van der Waals surface area (Å²) in [6, 6.07) is 48.9. The first-order valence-electron chi connectivity index (χ1n) is 38.2. The minimum atomic E-state index is 0.208. The summed E-state index contributed by atoms with van der Waals surface area (Å²) in [5.74, 6) is 13.3. The summed E-state index contributed by atoms with van der Waals surface area (Å²) in [5, 5.41) is 0. The summed E-state index contributed by atoms with van der Waals surface area (Å²) < 4.78 is 126. The molecule has 11 aromatic rings. The maximum Gasteiger partial charge on any atom is 0.123 e. The highest BCUT2D eigenvalue weighted by molar-refractivity contribution is 5.64. The molecule has 0 amide bonds. The number of rotatable bonds is 24. The van der Waals surface area contributed by atoms with Gasteiger partial charge < -0.3 is 94.7 Å². The second-order valence-electron chi connectivity index (χ2n) is 28.5. The summed E-state index contributed by atoms with van der Waals surface area (Å²) in [6.07, 6.45) is 4.20. The second kappa shape index (κ2) is 36.7. The van der Waals surface area contributed by atoms with Crippen LogP contribution in [-0.4, -0.2) is 128 Å². The summed E-state index contributed by atoms with van der Waals surface area (Å²) in [4.78, 5) is 0. The molecule has 11 aromatic carbocycles. The second-order valence-corrected chi connectivity index (χ2v) is 28.5. The standard InChI is InChI=1S/C96H102O20/c1-97-77-37-61-25-65-41-87(107-11)69(45-85(65)105-9)29-73-51-95(75(49-93(73)113-17)31-71-47-89(109-13)67(43-91(71)111-15)27-63-39-81(101-5)59(35-83(63)103-7)23-57(77)33-79(61)99-3)115-53-55-19-21-56(22-20-55)54-116-96-52-74-30-70-46-86(106-10)66(42-88(70)108-12)26-62-38-78(98-2)58(34-80(62)100-4)24-60-36-84(104-8)64(40-82(60)102-6)28-68-44-92(112-16)72(48-90(68)110-14)32-76(96)50-94(74)114-18/h19-22,33-52H,23-32,53-54H2,1-18H3. The van der Waals surface area contributed by atoms with Gasteiger partial charge in [0.2, 0.25) is 0 Å². The van der Waals surface area contributed by atoms with Crippen LogP contribution in [0.2, 0.25) is 0 Å². The Labute approximate surface area is 679 Å². The number of hydrogen-bond acceptors (Lipinski definition) is 20. The lowest BCUT2D eigenvalue weighted by Crippen LogP contribution is -2.06. The van der Waals surface area contributed by atoms with E-state index in [-0.39, 0.29) is 13.2 Å². The number of hydrogen-bond donors (Lipinski definition) is 0. The predicted octanol–water partition coefficient (Wildman–Crippen LogP) is 17.5. The number of ether oxygens (including phenoxy) is 20. The molecule has 0 N–H and O–H groups in total. The molecular weight excluding hydrogens is 1470 g/mol. The third-order valence-corrected chi connectivity index (χ3v) is 22.0. The van der Waals surface area contributed by atoms with Crippen LogP contribution < -0.4 is 94.7 Å². The molecule has 0 saturated carbocycles. The maximum atomic E-state index is 7.07. The molecule has 0 aliphatic heterocycles. The van der Waals surface area contributed by atoms with E-state index in [1.807, 2.05) is 109 Å². The third-order valence-electron chi connectivity index (χ3n) is 22.0. The van der Waals surface area contributed by atoms with Crippen molar-refractivity contribution >= 4 is 0 Å². The fourth-order valence-electron chi connectivity index (χ4n) is 16.0. The molecular formula is C96H102O20. The van der Waals surface area contributed by atoms with Crippen molar-refractivity contribution in [1.29, 1.82) is 0 Å². The zero-order valence-corrected chi connectivity index (χ0v) is 69.5. The van der Waals surface area contributed by atoms with Crippen LogP contribution in [0.5, 0.6) is 115 Å². The maximum absolute atomic E-state index is 7.07. The fraction of sp³-hybridized carbons (Fsp3) is 0.312. The van der Waals surface area contributed by atoms with Gasteiger partial charge in [0.05, 0.1) is 128 Å². The van der Waals surface area contributed by atoms with Gasteiger partial charge in [0.1, 0.15) is 128 Å². The smallest absolute Gasteiger partial charge is 0.123 e. The lowest BCUT2D eigenvalue weighted by molar-refractivity contribution is 0.298. The Morgan fingerprint density at radius 2 is 0.224 bits per heavy atom. The third kappa shape index (κ3) is 17.3. The first-order valence-corrected chi connectivity index (χ1v) is 38.2. The van der Waals surface area contributed by atoms with Crippen LogP contribution in [0.15, 0.2) is 146 Å². The molecule has 0 aromatic heterocycles. The first kappa shape index (κ1) is 81.4. The number of methoxy groups -OCH3 is 18. The van der Waals surface area contributed by atoms with Crippen molar-refractivity contribution in [2.24, 2.45) is 0 Å². The summed E-state index contributed by atoms with van der Waals surface area (Å²) in [6.45, 7) is 0.416. The average molecular weight is 1580 g/mol. The van der Waals surface area contributed by atoms with Crippen molar-refractivity contribution in [3.8, 4) is 115 Å². The van der Waals surface area contributed by atoms with Crippen LogP contribution in [0.3, 0.4) is 0 Å². The summed E-state index contributed by atoms with van der Waals surface area (Å²) >= 11 is 0. The Morgan fingerprint density at radius 1 is 0.138 bits per heavy atom. The largest absolute Gasteiger partial charge is 0.496 e. The molecule has 20 bridgehead atoms. The van der Waals surface area contributed by atoms with Crippen LogP contribution >= 0.6 is 0 Å². The Morgan fingerprint density at radius 3 is 0.319 bits per heavy atom. The molecule has 31 rings (SSSR count). The van der Waals surface area contributed by atoms with Gasteiger partial charge in [-0.15, -0.1) is 0 Å². The van der Waals surface area contributed by atoms with E-state index in [0.29, 0.717) is 179 Å². The van der Waals surface area contributed by atoms with Gasteiger partial charge >= 0.3 is 0 Å². The Kier molecular flexibility index (Phi) is 25.8. The fourth-order valence-corrected chi connectivity index (χ4v) is 16.0. The lowest BCUT2D eigenvalue weighted by Gasteiger charge is -2.21. The highest BCUT2D eigenvalue weighted by Gasteiger charge is 2.28. The van der Waals surface area contributed by atoms with Crippen LogP contribution in [0.25, 0.3) is 0 Å². The quantitative estimate of drug-likeness (QED) is 0.0556. The topological polar surface area (TPSA) is 185 Å². The van der Waals surface area contributed by atoms with Gasteiger partial charge in [-0.1, -0.05) is 24.3 Å². The molecule has 0 unspecified atom stereocenters. The summed E-state index contributed by atoms with van der Waals surface area (Å²) in [5.41, 5.74) is 19.3. The highest BCUT2D eigenvalue weighted by atomic mass is 16.5. The van der Waals surface area contributed by atoms with Crippen LogP contribution in [-0.2, 0) is 77.4 Å². The predicted molar refractivity (Wildman–Crippen MR) is 446 cm³/mol. The summed E-state index contributed by atoms with van der Waals surface area (Å²) in [7, 11) is 30.2. The first-order chi connectivity index (χ1) is 56.5. The van der Waals surface area contributed by atoms with Crippen LogP contribution in [0.4, 0.5) is 0 Å². The Bertz CT molecular complexity index is 5060. The molecule has 0 spiro atoms. The van der Waals surface area contributed by atoms with Crippen molar-refractivity contribution in [3.05, 3.63) is 268 Å². The van der Waals surface area contributed by atoms with Gasteiger partial charge in [-0.25, -0.2) is 0 Å². The monoisotopic (exact) mass is 1570 g/mol. The van der Waals surface area contributed by atoms with Crippen LogP contribution in [0, 0.1) is 0 Å². The SMILES string of the molecule is COc1cc2c(OC)cc1Cc1cc(OC)c(cc1OC)Cc1cc(OC)c(cc1OC)Cc1cc(OC)c(cc1OCc1ccc(COc3cc4c(OC)cc3Cc3cc(OC)c(cc3OC)Cc3cc(OC)c(cc3OC)Cc3cc(OC)c(cc3OC)Cc3cc(OC)c(cc3OC)C4)cc1)Cc1cc(OC)c(cc1OC)C2. The van der Waals surface area contributed by atoms with E-state index in [0.717, 1.165) is 122 Å². The lowest BCUT2D eigenvalue weighted by atomic mass is 9.94. The van der Waals surface area contributed by atoms with E-state index in [1.165, 1.54) is 0 Å². The van der Waals surface area contributed by atoms with E-state index < -0.39 is 0 Å². The van der Waals surface area contributed by atoms with Crippen molar-refractivity contribution in [2.45, 2.75) is 77.4 Å². The number of benzene rings is 11. The van der Waals surface area contributed by atoms with Gasteiger partial charge in [-0.2, -0.15) is 0 Å². The average Bonchev–Trinajstić information content (AvgIpc) is 1.11. The molecule has 0 heterocycles. The minimum Gasteiger partial charge on any atom is -0.496 e. The minimum absolute atomic E-state index is 0.208. The van der Waals surface area contributed by atoms with E-state index in [4.69, 9.17) is 94.7 Å². The van der Waals surface area contributed by atoms with Gasteiger partial charge in [0, 0.05) is 175 Å². The van der Waals surface area contributed by atoms with E-state index in [9.17, 15) is 0 Å². The molecule has 0 radical (unpaired) electrons. The van der Waals surface area contributed by atoms with E-state index >= 15 is 0 Å². The van der Waals surface area contributed by atoms with Gasteiger partial charge in [0.15, 0.2) is 0 Å². The van der Waals surface area contributed by atoms with Crippen molar-refractivity contribution in [1.82, 2.24) is 0 Å². The van der Waals surface area contributed by atoms with Crippen molar-refractivity contribution in [2.75, 3.05) is 128 Å². The zero-order valence-electron chi connectivity index (χ0n) is 69.5. The van der Waals surface area contributed by atoms with Crippen molar-refractivity contribution in [3.63, 3.8) is 0 Å². The van der Waals surface area contributed by atoms with Gasteiger partial charge in [-0.05, 0) is 132 Å². The van der Waals surface area contributed by atoms with E-state index in [1.54, 1.807) is 128 Å². The molecule has 20 aliphatic carbocycles. The van der Waals surface area contributed by atoms with Crippen molar-refractivity contribution < 1.29 is 94.7 Å². The normalized spacial score (nSPS) is 12.3. The van der Waals surface area contributed by atoms with Gasteiger partial charge in [0.25, 0.3) is 0 Å². The highest BCUT2D eigenvalue weighted by Crippen LogP contribution is 2.47. The van der Waals surface area contributed by atoms with Crippen LogP contribution in [0.1, 0.15) is 122 Å². The molecule has 0 atom stereocenters. The molecule has 20 nitrogen and oxygen atoms in total. The molecule has 20 heteroatoms. The molecule has 0 saturated heterocycles. The molecule has 20 aliphatic rings. The molecule has 606 valence electrons. The van der Waals surface area contributed by atoms with Gasteiger partial charge in [-0.3, -0.25) is 0 Å².